The van der Waals surface area contributed by atoms with Crippen LogP contribution in [-0.2, 0) is 13.1 Å². The minimum Gasteiger partial charge on any atom is -0.508 e. The van der Waals surface area contributed by atoms with Crippen LogP contribution in [0, 0.1) is 13.8 Å². The van der Waals surface area contributed by atoms with Gasteiger partial charge in [0.1, 0.15) is 49.4 Å². The Bertz CT molecular complexity index is 1180. The van der Waals surface area contributed by atoms with Crippen molar-refractivity contribution in [2.75, 3.05) is 23.7 Å². The van der Waals surface area contributed by atoms with Gasteiger partial charge in [-0.3, -0.25) is 0 Å². The van der Waals surface area contributed by atoms with E-state index in [0.29, 0.717) is 11.5 Å². The molecule has 0 aliphatic rings. The maximum Gasteiger partial charge on any atom is 0.269 e. The van der Waals surface area contributed by atoms with E-state index >= 15 is 0 Å². The van der Waals surface area contributed by atoms with Crippen LogP contribution in [0.4, 0.5) is 11.4 Å². The highest BCUT2D eigenvalue weighted by molar-refractivity contribution is 5.51. The van der Waals surface area contributed by atoms with Crippen molar-refractivity contribution >= 4 is 11.4 Å². The number of aromatic amines is 2. The van der Waals surface area contributed by atoms with E-state index in [1.54, 1.807) is 12.1 Å². The average Bonchev–Trinajstić information content (AvgIpc) is 3.52. The van der Waals surface area contributed by atoms with Crippen LogP contribution in [0.25, 0.3) is 0 Å². The van der Waals surface area contributed by atoms with Crippen LogP contribution in [0.15, 0.2) is 61.2 Å². The second-order valence-corrected chi connectivity index (χ2v) is 9.27. The summed E-state index contributed by atoms with van der Waals surface area (Å²) in [6, 6.07) is 11.4. The molecule has 6 N–H and O–H groups in total. The molecule has 0 atom stereocenters. The van der Waals surface area contributed by atoms with Gasteiger partial charge in [0.15, 0.2) is 5.92 Å². The Kier molecular flexibility index (Phi) is 8.15. The zero-order valence-corrected chi connectivity index (χ0v) is 21.4. The molecule has 0 fully saturated rings. The lowest BCUT2D eigenvalue weighted by Crippen LogP contribution is -2.45. The van der Waals surface area contributed by atoms with Gasteiger partial charge in [0.2, 0.25) is 0 Å². The number of phenols is 2. The first kappa shape index (κ1) is 25.2. The van der Waals surface area contributed by atoms with Crippen LogP contribution < -0.4 is 19.8 Å². The first-order valence-corrected chi connectivity index (χ1v) is 12.7. The van der Waals surface area contributed by atoms with Gasteiger partial charge in [-0.1, -0.05) is 25.5 Å². The molecular weight excluding hydrogens is 452 g/mol. The number of aryl methyl sites for hydroxylation is 2. The molecule has 190 valence electrons. The van der Waals surface area contributed by atoms with Crippen molar-refractivity contribution in [3.63, 3.8) is 0 Å². The van der Waals surface area contributed by atoms with Crippen molar-refractivity contribution in [3.05, 3.63) is 84.0 Å². The summed E-state index contributed by atoms with van der Waals surface area (Å²) in [6.07, 6.45) is 10.2. The first-order chi connectivity index (χ1) is 17.5. The van der Waals surface area contributed by atoms with Crippen LogP contribution in [-0.4, -0.2) is 33.3 Å². The highest BCUT2D eigenvalue weighted by Crippen LogP contribution is 2.23. The molecule has 0 bridgehead atoms. The van der Waals surface area contributed by atoms with Crippen molar-refractivity contribution in [2.24, 2.45) is 0 Å². The fourth-order valence-electron chi connectivity index (χ4n) is 4.51. The van der Waals surface area contributed by atoms with E-state index in [4.69, 9.17) is 0 Å². The Hall–Kier alpha value is -3.94. The molecule has 0 aliphatic heterocycles. The summed E-state index contributed by atoms with van der Waals surface area (Å²) in [4.78, 5) is 6.97. The molecule has 2 heterocycles. The molecular formula is C28H38N6O2+2. The number of phenolic OH excluding ortho intramolecular Hbond substituents is 2. The third kappa shape index (κ3) is 6.00. The lowest BCUT2D eigenvalue weighted by molar-refractivity contribution is -0.714. The third-order valence-corrected chi connectivity index (χ3v) is 6.61. The summed E-state index contributed by atoms with van der Waals surface area (Å²) in [5.41, 5.74) is 3.57. The summed E-state index contributed by atoms with van der Waals surface area (Å²) < 4.78 is 4.53. The monoisotopic (exact) mass is 490 g/mol. The van der Waals surface area contributed by atoms with E-state index in [-0.39, 0.29) is 5.92 Å². The molecule has 8 heteroatoms. The summed E-state index contributed by atoms with van der Waals surface area (Å²) >= 11 is 0. The Labute approximate surface area is 212 Å². The molecule has 36 heavy (non-hydrogen) atoms. The molecule has 4 rings (SSSR count). The molecule has 2 aromatic heterocycles. The minimum absolute atomic E-state index is 0.201. The lowest BCUT2D eigenvalue weighted by Gasteiger charge is -2.12. The number of imidazole rings is 2. The molecule has 0 saturated heterocycles. The summed E-state index contributed by atoms with van der Waals surface area (Å²) in [5, 5.41) is 26.8. The van der Waals surface area contributed by atoms with E-state index < -0.39 is 0 Å². The van der Waals surface area contributed by atoms with Gasteiger partial charge in [-0.25, -0.2) is 19.1 Å². The molecule has 0 spiro atoms. The quantitative estimate of drug-likeness (QED) is 0.168. The minimum atomic E-state index is 0.201. The van der Waals surface area contributed by atoms with Gasteiger partial charge in [-0.05, 0) is 43.5 Å². The SMILES string of the molecule is CCCC(c1[nH]cc[n+]1CCNc1ccc(C)c(O)c1)c1[nH]cc[n+]1CCNc1ccc(C)c(O)c1. The van der Waals surface area contributed by atoms with Gasteiger partial charge in [-0.15, -0.1) is 0 Å². The maximum atomic E-state index is 9.97. The summed E-state index contributed by atoms with van der Waals surface area (Å²) in [7, 11) is 0. The van der Waals surface area contributed by atoms with E-state index in [9.17, 15) is 10.2 Å². The molecule has 0 saturated carbocycles. The number of hydrogen-bond acceptors (Lipinski definition) is 4. The fourth-order valence-corrected chi connectivity index (χ4v) is 4.51. The molecule has 0 radical (unpaired) electrons. The highest BCUT2D eigenvalue weighted by atomic mass is 16.3. The third-order valence-electron chi connectivity index (χ3n) is 6.61. The zero-order chi connectivity index (χ0) is 25.5. The number of hydrogen-bond donors (Lipinski definition) is 6. The van der Waals surface area contributed by atoms with Gasteiger partial charge in [0.05, 0.1) is 13.1 Å². The van der Waals surface area contributed by atoms with Gasteiger partial charge >= 0.3 is 0 Å². The second kappa shape index (κ2) is 11.7. The predicted octanol–water partition coefficient (Wildman–Crippen LogP) is 4.10. The maximum absolute atomic E-state index is 9.97. The number of rotatable bonds is 12. The Balaban J connectivity index is 1.42. The molecule has 8 nitrogen and oxygen atoms in total. The summed E-state index contributed by atoms with van der Waals surface area (Å²) in [6.45, 7) is 9.09. The molecule has 0 amide bonds. The number of anilines is 2. The van der Waals surface area contributed by atoms with Crippen LogP contribution >= 0.6 is 0 Å². The molecule has 0 aliphatic carbocycles. The van der Waals surface area contributed by atoms with E-state index in [1.165, 1.54) is 0 Å². The van der Waals surface area contributed by atoms with Crippen molar-refractivity contribution in [1.29, 1.82) is 0 Å². The number of nitrogens with one attached hydrogen (secondary N) is 4. The predicted molar refractivity (Wildman–Crippen MR) is 141 cm³/mol. The Morgan fingerprint density at radius 2 is 1.25 bits per heavy atom. The molecule has 2 aromatic carbocycles. The number of benzene rings is 2. The largest absolute Gasteiger partial charge is 0.508 e. The number of aromatic nitrogens is 4. The van der Waals surface area contributed by atoms with Crippen molar-refractivity contribution < 1.29 is 19.3 Å². The Morgan fingerprint density at radius 3 is 1.67 bits per heavy atom. The van der Waals surface area contributed by atoms with E-state index in [2.05, 4.69) is 49.1 Å². The average molecular weight is 491 g/mol. The van der Waals surface area contributed by atoms with Crippen molar-refractivity contribution in [2.45, 2.75) is 52.6 Å². The topological polar surface area (TPSA) is 104 Å². The van der Waals surface area contributed by atoms with Crippen molar-refractivity contribution in [1.82, 2.24) is 9.97 Å². The number of aromatic hydroxyl groups is 2. The standard InChI is InChI=1S/C28H36N6O2/c1-4-5-24(27-31-12-16-33(27)14-10-29-22-8-6-20(2)25(35)18-22)28-32-13-17-34(28)15-11-30-23-9-7-21(3)26(36)19-23/h6-9,12-13,16-19,24,29-30,35-36H,4-5,10-11,14-15H2,1-3H3/p+2. The van der Waals surface area contributed by atoms with Gasteiger partial charge < -0.3 is 20.8 Å². The highest BCUT2D eigenvalue weighted by Gasteiger charge is 2.32. The smallest absolute Gasteiger partial charge is 0.269 e. The Morgan fingerprint density at radius 1 is 0.778 bits per heavy atom. The van der Waals surface area contributed by atoms with Crippen LogP contribution in [0.3, 0.4) is 0 Å². The van der Waals surface area contributed by atoms with Crippen LogP contribution in [0.1, 0.15) is 48.5 Å². The summed E-state index contributed by atoms with van der Waals surface area (Å²) in [5.74, 6) is 3.15. The zero-order valence-electron chi connectivity index (χ0n) is 21.4. The van der Waals surface area contributed by atoms with Gasteiger partial charge in [0.25, 0.3) is 11.6 Å². The molecule has 4 aromatic rings. The van der Waals surface area contributed by atoms with Gasteiger partial charge in [-0.2, -0.15) is 0 Å². The fraction of sp³-hybridized carbons (Fsp3) is 0.357. The van der Waals surface area contributed by atoms with Crippen LogP contribution in [0.2, 0.25) is 0 Å². The first-order valence-electron chi connectivity index (χ1n) is 12.7. The normalized spacial score (nSPS) is 11.2. The lowest BCUT2D eigenvalue weighted by atomic mass is 10.0. The van der Waals surface area contributed by atoms with E-state index in [1.807, 2.05) is 50.5 Å². The van der Waals surface area contributed by atoms with E-state index in [0.717, 1.165) is 73.2 Å². The molecule has 0 unspecified atom stereocenters. The number of nitrogens with zero attached hydrogens (tertiary/aromatic N) is 2. The number of H-pyrrole nitrogens is 2. The van der Waals surface area contributed by atoms with Gasteiger partial charge in [0, 0.05) is 23.5 Å². The second-order valence-electron chi connectivity index (χ2n) is 9.27. The van der Waals surface area contributed by atoms with Crippen molar-refractivity contribution in [3.8, 4) is 11.5 Å². The van der Waals surface area contributed by atoms with Crippen LogP contribution in [0.5, 0.6) is 11.5 Å².